The van der Waals surface area contributed by atoms with Gasteiger partial charge in [-0.3, -0.25) is 4.79 Å². The second-order valence-corrected chi connectivity index (χ2v) is 4.63. The van der Waals surface area contributed by atoms with Crippen LogP contribution in [0.4, 0.5) is 0 Å². The van der Waals surface area contributed by atoms with Gasteiger partial charge in [0.15, 0.2) is 0 Å². The van der Waals surface area contributed by atoms with E-state index in [1.54, 1.807) is 6.92 Å². The van der Waals surface area contributed by atoms with Gasteiger partial charge in [-0.2, -0.15) is 12.7 Å². The summed E-state index contributed by atoms with van der Waals surface area (Å²) < 4.78 is 28.1. The molecule has 0 aromatic heterocycles. The molecule has 8 heteroatoms. The average molecular weight is 237 g/mol. The number of carbonyl (C=O) groups excluding carboxylic acids is 1. The molecule has 0 aromatic carbocycles. The summed E-state index contributed by atoms with van der Waals surface area (Å²) in [6.07, 6.45) is 0. The Hall–Kier alpha value is -0.700. The fraction of sp³-hybridized carbons (Fsp3) is 0.857. The molecule has 0 spiro atoms. The Labute approximate surface area is 88.7 Å². The Balaban J connectivity index is 2.79. The summed E-state index contributed by atoms with van der Waals surface area (Å²) in [4.78, 5) is 11.4. The summed E-state index contributed by atoms with van der Waals surface area (Å²) in [7, 11) is -3.85. The fourth-order valence-corrected chi connectivity index (χ4v) is 2.29. The van der Waals surface area contributed by atoms with Crippen LogP contribution in [-0.2, 0) is 19.7 Å². The zero-order valence-corrected chi connectivity index (χ0v) is 9.29. The van der Waals surface area contributed by atoms with E-state index in [0.717, 1.165) is 4.31 Å². The zero-order valence-electron chi connectivity index (χ0n) is 8.47. The smallest absolute Gasteiger partial charge is 0.325 e. The highest BCUT2D eigenvalue weighted by Gasteiger charge is 2.35. The van der Waals surface area contributed by atoms with E-state index in [-0.39, 0.29) is 19.7 Å². The fourth-order valence-electron chi connectivity index (χ4n) is 1.43. The van der Waals surface area contributed by atoms with Gasteiger partial charge >= 0.3 is 5.97 Å². The Morgan fingerprint density at radius 3 is 2.87 bits per heavy atom. The van der Waals surface area contributed by atoms with E-state index in [0.29, 0.717) is 6.54 Å². The number of hydrogen-bond donors (Lipinski definition) is 2. The minimum atomic E-state index is -3.85. The maximum atomic E-state index is 11.4. The standard InChI is InChI=1S/C7H15N3O4S/c1-2-14-7(11)6-5-9-3-4-10(6)15(8,12)13/h6,9H,2-5H2,1H3,(H2,8,12,13). The first-order chi connectivity index (χ1) is 6.96. The molecule has 1 aliphatic heterocycles. The lowest BCUT2D eigenvalue weighted by molar-refractivity contribution is -0.148. The van der Waals surface area contributed by atoms with Gasteiger partial charge in [0.25, 0.3) is 10.2 Å². The van der Waals surface area contributed by atoms with Gasteiger partial charge in [0, 0.05) is 19.6 Å². The zero-order chi connectivity index (χ0) is 11.5. The summed E-state index contributed by atoms with van der Waals surface area (Å²) in [6.45, 7) is 2.77. The van der Waals surface area contributed by atoms with E-state index in [1.165, 1.54) is 0 Å². The highest BCUT2D eigenvalue weighted by molar-refractivity contribution is 7.86. The van der Waals surface area contributed by atoms with E-state index in [1.807, 2.05) is 0 Å². The Kier molecular flexibility index (Phi) is 4.03. The van der Waals surface area contributed by atoms with Crippen molar-refractivity contribution >= 4 is 16.2 Å². The molecule has 88 valence electrons. The highest BCUT2D eigenvalue weighted by atomic mass is 32.2. The molecule has 1 rings (SSSR count). The van der Waals surface area contributed by atoms with Gasteiger partial charge in [-0.25, -0.2) is 5.14 Å². The normalized spacial score (nSPS) is 23.7. The summed E-state index contributed by atoms with van der Waals surface area (Å²) >= 11 is 0. The molecule has 1 unspecified atom stereocenters. The first-order valence-corrected chi connectivity index (χ1v) is 6.14. The first kappa shape index (κ1) is 12.4. The van der Waals surface area contributed by atoms with Crippen LogP contribution in [0.3, 0.4) is 0 Å². The third kappa shape index (κ3) is 3.13. The van der Waals surface area contributed by atoms with Crippen molar-refractivity contribution in [2.75, 3.05) is 26.2 Å². The van der Waals surface area contributed by atoms with Gasteiger partial charge in [0.2, 0.25) is 0 Å². The van der Waals surface area contributed by atoms with Crippen molar-refractivity contribution in [1.29, 1.82) is 0 Å². The molecular weight excluding hydrogens is 222 g/mol. The van der Waals surface area contributed by atoms with Crippen LogP contribution >= 0.6 is 0 Å². The van der Waals surface area contributed by atoms with Gasteiger partial charge in [-0.05, 0) is 6.92 Å². The Morgan fingerprint density at radius 2 is 2.33 bits per heavy atom. The maximum absolute atomic E-state index is 11.4. The molecule has 1 heterocycles. The molecule has 1 saturated heterocycles. The van der Waals surface area contributed by atoms with Crippen molar-refractivity contribution in [2.45, 2.75) is 13.0 Å². The number of esters is 1. The van der Waals surface area contributed by atoms with Crippen molar-refractivity contribution in [3.8, 4) is 0 Å². The molecule has 0 radical (unpaired) electrons. The quantitative estimate of drug-likeness (QED) is 0.554. The van der Waals surface area contributed by atoms with Crippen molar-refractivity contribution in [1.82, 2.24) is 9.62 Å². The summed E-state index contributed by atoms with van der Waals surface area (Å²) in [5.41, 5.74) is 0. The van der Waals surface area contributed by atoms with Crippen LogP contribution in [0.5, 0.6) is 0 Å². The number of carbonyl (C=O) groups is 1. The SMILES string of the molecule is CCOC(=O)C1CNCCN1S(N)(=O)=O. The molecule has 0 bridgehead atoms. The molecule has 0 amide bonds. The minimum absolute atomic E-state index is 0.183. The molecular formula is C7H15N3O4S. The van der Waals surface area contributed by atoms with Crippen LogP contribution in [-0.4, -0.2) is 51.0 Å². The van der Waals surface area contributed by atoms with Crippen molar-refractivity contribution in [3.63, 3.8) is 0 Å². The van der Waals surface area contributed by atoms with E-state index in [4.69, 9.17) is 9.88 Å². The van der Waals surface area contributed by atoms with Crippen molar-refractivity contribution < 1.29 is 17.9 Å². The lowest BCUT2D eigenvalue weighted by Crippen LogP contribution is -2.58. The molecule has 7 nitrogen and oxygen atoms in total. The number of nitrogens with two attached hydrogens (primary N) is 1. The van der Waals surface area contributed by atoms with Crippen LogP contribution in [0.2, 0.25) is 0 Å². The number of nitrogens with zero attached hydrogens (tertiary/aromatic N) is 1. The lowest BCUT2D eigenvalue weighted by Gasteiger charge is -2.31. The topological polar surface area (TPSA) is 102 Å². The minimum Gasteiger partial charge on any atom is -0.465 e. The predicted molar refractivity (Wildman–Crippen MR) is 53.1 cm³/mol. The van der Waals surface area contributed by atoms with Crippen LogP contribution in [0.1, 0.15) is 6.92 Å². The maximum Gasteiger partial charge on any atom is 0.325 e. The second-order valence-electron chi connectivity index (χ2n) is 3.13. The van der Waals surface area contributed by atoms with Gasteiger partial charge in [-0.15, -0.1) is 0 Å². The highest BCUT2D eigenvalue weighted by Crippen LogP contribution is 2.08. The molecule has 1 atom stereocenters. The van der Waals surface area contributed by atoms with Crippen molar-refractivity contribution in [2.24, 2.45) is 5.14 Å². The van der Waals surface area contributed by atoms with E-state index < -0.39 is 22.2 Å². The number of ether oxygens (including phenoxy) is 1. The van der Waals surface area contributed by atoms with Crippen LogP contribution < -0.4 is 10.5 Å². The van der Waals surface area contributed by atoms with Crippen LogP contribution in [0.25, 0.3) is 0 Å². The molecule has 15 heavy (non-hydrogen) atoms. The molecule has 3 N–H and O–H groups in total. The third-order valence-corrected chi connectivity index (χ3v) is 3.17. The Morgan fingerprint density at radius 1 is 1.67 bits per heavy atom. The molecule has 0 saturated carbocycles. The van der Waals surface area contributed by atoms with Crippen LogP contribution in [0, 0.1) is 0 Å². The average Bonchev–Trinajstić information content (AvgIpc) is 2.17. The number of nitrogens with one attached hydrogen (secondary N) is 1. The monoisotopic (exact) mass is 237 g/mol. The second kappa shape index (κ2) is 4.88. The number of piperazine rings is 1. The lowest BCUT2D eigenvalue weighted by atomic mass is 10.2. The Bertz CT molecular complexity index is 329. The van der Waals surface area contributed by atoms with Gasteiger partial charge in [-0.1, -0.05) is 0 Å². The summed E-state index contributed by atoms with van der Waals surface area (Å²) in [6, 6.07) is -0.853. The number of hydrogen-bond acceptors (Lipinski definition) is 5. The van der Waals surface area contributed by atoms with Crippen molar-refractivity contribution in [3.05, 3.63) is 0 Å². The summed E-state index contributed by atoms with van der Waals surface area (Å²) in [5.74, 6) is -0.571. The number of rotatable bonds is 3. The summed E-state index contributed by atoms with van der Waals surface area (Å²) in [5, 5.41) is 7.91. The van der Waals surface area contributed by atoms with E-state index in [9.17, 15) is 13.2 Å². The molecule has 1 aliphatic rings. The molecule has 0 aromatic rings. The third-order valence-electron chi connectivity index (χ3n) is 2.08. The van der Waals surface area contributed by atoms with E-state index >= 15 is 0 Å². The molecule has 0 aliphatic carbocycles. The van der Waals surface area contributed by atoms with Gasteiger partial charge in [0.05, 0.1) is 6.61 Å². The van der Waals surface area contributed by atoms with Gasteiger partial charge in [0.1, 0.15) is 6.04 Å². The first-order valence-electron chi connectivity index (χ1n) is 4.63. The largest absolute Gasteiger partial charge is 0.465 e. The van der Waals surface area contributed by atoms with E-state index in [2.05, 4.69) is 5.32 Å². The van der Waals surface area contributed by atoms with Gasteiger partial charge < -0.3 is 10.1 Å². The predicted octanol–water partition coefficient (Wildman–Crippen LogP) is -1.97. The molecule has 1 fully saturated rings. The van der Waals surface area contributed by atoms with Crippen LogP contribution in [0.15, 0.2) is 0 Å².